The molecule has 0 spiro atoms. The van der Waals surface area contributed by atoms with E-state index in [9.17, 15) is 23.5 Å². The van der Waals surface area contributed by atoms with Crippen molar-refractivity contribution in [2.75, 3.05) is 4.90 Å². The number of amides is 1. The van der Waals surface area contributed by atoms with Gasteiger partial charge in [-0.25, -0.2) is 13.6 Å². The zero-order chi connectivity index (χ0) is 28.2. The molecule has 4 aromatic rings. The van der Waals surface area contributed by atoms with Gasteiger partial charge in [-0.1, -0.05) is 48.5 Å². The van der Waals surface area contributed by atoms with Crippen molar-refractivity contribution in [2.45, 2.75) is 25.5 Å². The Hall–Kier alpha value is -4.62. The second-order valence-electron chi connectivity index (χ2n) is 9.64. The number of nitrogens with zero attached hydrogens (tertiary/aromatic N) is 1. The van der Waals surface area contributed by atoms with Crippen LogP contribution in [0.5, 0.6) is 5.75 Å². The van der Waals surface area contributed by atoms with Gasteiger partial charge >= 0.3 is 5.97 Å². The average molecular weight is 540 g/mol. The predicted octanol–water partition coefficient (Wildman–Crippen LogP) is 6.74. The SMILES string of the molecule is CC(O)/C(=C\C[C@H]1C(=O)N(c2ccc(F)cc2)[C@@H]1c1ccc(OC(=O)c2ccccc2)cc1)c1ccc(F)cc1. The third-order valence-corrected chi connectivity index (χ3v) is 6.98. The van der Waals surface area contributed by atoms with Gasteiger partial charge in [0.1, 0.15) is 17.4 Å². The van der Waals surface area contributed by atoms with Crippen molar-refractivity contribution < 1.29 is 28.2 Å². The number of aliphatic hydroxyl groups excluding tert-OH is 1. The Labute approximate surface area is 231 Å². The lowest BCUT2D eigenvalue weighted by molar-refractivity contribution is -0.130. The molecule has 0 aromatic heterocycles. The predicted molar refractivity (Wildman–Crippen MR) is 149 cm³/mol. The molecule has 1 saturated heterocycles. The molecule has 1 unspecified atom stereocenters. The fourth-order valence-electron chi connectivity index (χ4n) is 4.95. The first-order chi connectivity index (χ1) is 19.3. The van der Waals surface area contributed by atoms with Crippen LogP contribution in [-0.2, 0) is 4.79 Å². The van der Waals surface area contributed by atoms with Crippen molar-refractivity contribution in [1.82, 2.24) is 0 Å². The summed E-state index contributed by atoms with van der Waals surface area (Å²) in [5, 5.41) is 10.4. The molecule has 5 nitrogen and oxygen atoms in total. The molecule has 1 aliphatic rings. The highest BCUT2D eigenvalue weighted by Crippen LogP contribution is 2.46. The number of benzene rings is 4. The minimum Gasteiger partial charge on any atom is -0.423 e. The third kappa shape index (κ3) is 5.70. The lowest BCUT2D eigenvalue weighted by Crippen LogP contribution is -2.55. The highest BCUT2D eigenvalue weighted by atomic mass is 19.1. The minimum atomic E-state index is -0.828. The van der Waals surface area contributed by atoms with Crippen LogP contribution < -0.4 is 9.64 Å². The fraction of sp³-hybridized carbons (Fsp3) is 0.152. The molecule has 1 aliphatic heterocycles. The van der Waals surface area contributed by atoms with Crippen LogP contribution in [0.4, 0.5) is 14.5 Å². The van der Waals surface area contributed by atoms with Crippen molar-refractivity contribution in [3.63, 3.8) is 0 Å². The summed E-state index contributed by atoms with van der Waals surface area (Å²) in [7, 11) is 0. The van der Waals surface area contributed by atoms with Gasteiger partial charge < -0.3 is 14.7 Å². The Morgan fingerprint density at radius 3 is 2.08 bits per heavy atom. The number of esters is 1. The summed E-state index contributed by atoms with van der Waals surface area (Å²) in [5.74, 6) is -1.50. The van der Waals surface area contributed by atoms with Crippen LogP contribution in [0.2, 0.25) is 0 Å². The molecule has 0 bridgehead atoms. The van der Waals surface area contributed by atoms with Crippen LogP contribution in [0, 0.1) is 17.6 Å². The first-order valence-corrected chi connectivity index (χ1v) is 12.9. The summed E-state index contributed by atoms with van der Waals surface area (Å²) in [6, 6.07) is 26.8. The number of rotatable bonds is 8. The topological polar surface area (TPSA) is 66.8 Å². The molecule has 0 aliphatic carbocycles. The van der Waals surface area contributed by atoms with Crippen molar-refractivity contribution in [3.05, 3.63) is 138 Å². The van der Waals surface area contributed by atoms with E-state index in [1.807, 2.05) is 12.1 Å². The molecule has 202 valence electrons. The maximum Gasteiger partial charge on any atom is 0.343 e. The second kappa shape index (κ2) is 11.6. The van der Waals surface area contributed by atoms with E-state index in [2.05, 4.69) is 0 Å². The van der Waals surface area contributed by atoms with Crippen LogP contribution in [0.25, 0.3) is 5.57 Å². The van der Waals surface area contributed by atoms with Gasteiger partial charge in [0, 0.05) is 5.69 Å². The van der Waals surface area contributed by atoms with Crippen LogP contribution in [0.15, 0.2) is 109 Å². The van der Waals surface area contributed by atoms with Crippen LogP contribution >= 0.6 is 0 Å². The van der Waals surface area contributed by atoms with Gasteiger partial charge in [0.2, 0.25) is 5.91 Å². The van der Waals surface area contributed by atoms with E-state index in [-0.39, 0.29) is 17.8 Å². The van der Waals surface area contributed by atoms with E-state index in [1.54, 1.807) is 84.6 Å². The molecular weight excluding hydrogens is 512 g/mol. The van der Waals surface area contributed by atoms with Gasteiger partial charge in [-0.3, -0.25) is 4.79 Å². The summed E-state index contributed by atoms with van der Waals surface area (Å²) in [6.45, 7) is 1.62. The molecule has 3 atom stereocenters. The summed E-state index contributed by atoms with van der Waals surface area (Å²) in [6.07, 6.45) is 1.31. The van der Waals surface area contributed by atoms with Gasteiger partial charge in [0.05, 0.1) is 23.6 Å². The summed E-state index contributed by atoms with van der Waals surface area (Å²) < 4.78 is 32.6. The molecular formula is C33H27F2NO4. The molecule has 40 heavy (non-hydrogen) atoms. The van der Waals surface area contributed by atoms with E-state index in [0.29, 0.717) is 34.6 Å². The van der Waals surface area contributed by atoms with Crippen molar-refractivity contribution in [3.8, 4) is 5.75 Å². The number of halogens is 2. The lowest BCUT2D eigenvalue weighted by Gasteiger charge is -2.47. The highest BCUT2D eigenvalue weighted by molar-refractivity contribution is 6.03. The zero-order valence-electron chi connectivity index (χ0n) is 21.7. The number of allylic oxidation sites excluding steroid dienone is 1. The van der Waals surface area contributed by atoms with E-state index in [1.165, 1.54) is 24.3 Å². The first kappa shape index (κ1) is 27.0. The van der Waals surface area contributed by atoms with Crippen LogP contribution in [0.1, 0.15) is 40.9 Å². The van der Waals surface area contributed by atoms with E-state index in [0.717, 1.165) is 5.56 Å². The van der Waals surface area contributed by atoms with Crippen molar-refractivity contribution >= 4 is 23.1 Å². The molecule has 7 heteroatoms. The molecule has 1 fully saturated rings. The number of hydrogen-bond acceptors (Lipinski definition) is 4. The normalized spacial score (nSPS) is 17.8. The standard InChI is InChI=1S/C33H27F2NO4/c1-21(37)29(22-7-11-25(34)12-8-22)19-20-30-31(36(32(30)38)27-15-13-26(35)14-16-27)23-9-17-28(18-10-23)40-33(39)24-5-3-2-4-6-24/h2-19,21,30-31,37H,20H2,1H3/b29-19+/t21?,30-,31-/m1/s1. The van der Waals surface area contributed by atoms with E-state index >= 15 is 0 Å². The van der Waals surface area contributed by atoms with Crippen LogP contribution in [0.3, 0.4) is 0 Å². The quantitative estimate of drug-likeness (QED) is 0.153. The van der Waals surface area contributed by atoms with E-state index in [4.69, 9.17) is 4.74 Å². The van der Waals surface area contributed by atoms with Gasteiger partial charge in [0.25, 0.3) is 0 Å². The van der Waals surface area contributed by atoms with Crippen molar-refractivity contribution in [2.24, 2.45) is 5.92 Å². The average Bonchev–Trinajstić information content (AvgIpc) is 2.96. The Morgan fingerprint density at radius 2 is 1.48 bits per heavy atom. The lowest BCUT2D eigenvalue weighted by atomic mass is 9.79. The van der Waals surface area contributed by atoms with E-state index < -0.39 is 23.8 Å². The largest absolute Gasteiger partial charge is 0.423 e. The zero-order valence-corrected chi connectivity index (χ0v) is 21.7. The van der Waals surface area contributed by atoms with Crippen LogP contribution in [-0.4, -0.2) is 23.1 Å². The number of aliphatic hydroxyl groups is 1. The third-order valence-electron chi connectivity index (χ3n) is 6.98. The first-order valence-electron chi connectivity index (χ1n) is 12.9. The molecule has 0 radical (unpaired) electrons. The fourth-order valence-corrected chi connectivity index (χ4v) is 4.95. The number of carbonyl (C=O) groups is 2. The molecule has 5 rings (SSSR count). The van der Waals surface area contributed by atoms with Gasteiger partial charge in [-0.2, -0.15) is 0 Å². The number of carbonyl (C=O) groups excluding carboxylic acids is 2. The number of anilines is 1. The Morgan fingerprint density at radius 1 is 0.875 bits per heavy atom. The number of hydrogen-bond donors (Lipinski definition) is 1. The molecule has 1 heterocycles. The molecule has 1 N–H and O–H groups in total. The summed E-state index contributed by atoms with van der Waals surface area (Å²) in [4.78, 5) is 27.4. The smallest absolute Gasteiger partial charge is 0.343 e. The Kier molecular flexibility index (Phi) is 7.84. The minimum absolute atomic E-state index is 0.142. The monoisotopic (exact) mass is 539 g/mol. The second-order valence-corrected chi connectivity index (χ2v) is 9.64. The van der Waals surface area contributed by atoms with Crippen molar-refractivity contribution in [1.29, 1.82) is 0 Å². The van der Waals surface area contributed by atoms with Gasteiger partial charge in [-0.05, 0) is 90.7 Å². The van der Waals surface area contributed by atoms with Gasteiger partial charge in [0.15, 0.2) is 0 Å². The van der Waals surface area contributed by atoms with Gasteiger partial charge in [-0.15, -0.1) is 0 Å². The maximum atomic E-state index is 13.6. The number of ether oxygens (including phenoxy) is 1. The highest BCUT2D eigenvalue weighted by Gasteiger charge is 2.48. The Bertz CT molecular complexity index is 1520. The Balaban J connectivity index is 1.42. The number of β-lactam (4-membered cyclic amide) rings is 1. The molecule has 4 aromatic carbocycles. The summed E-state index contributed by atoms with van der Waals surface area (Å²) >= 11 is 0. The summed E-state index contributed by atoms with van der Waals surface area (Å²) in [5.41, 5.74) is 3.06. The molecule has 0 saturated carbocycles. The molecule has 1 amide bonds. The maximum absolute atomic E-state index is 13.6.